The SMILES string of the molecule is Cc1cccc(C2=NN3C(=N)/C(=C/c4ccc(-c5ccccc5Cl)o4)C(=O)N=C3S2)c1. The maximum Gasteiger partial charge on any atom is 0.283 e. The predicted molar refractivity (Wildman–Crippen MR) is 124 cm³/mol. The lowest BCUT2D eigenvalue weighted by Gasteiger charge is -2.19. The number of amides is 1. The Balaban J connectivity index is 1.46. The molecule has 0 aliphatic carbocycles. The number of hydrogen-bond acceptors (Lipinski definition) is 5. The van der Waals surface area contributed by atoms with E-state index in [1.54, 1.807) is 18.2 Å². The third-order valence-electron chi connectivity index (χ3n) is 4.77. The highest BCUT2D eigenvalue weighted by Gasteiger charge is 2.36. The van der Waals surface area contributed by atoms with Crippen LogP contribution < -0.4 is 0 Å². The van der Waals surface area contributed by atoms with E-state index in [-0.39, 0.29) is 11.4 Å². The quantitative estimate of drug-likeness (QED) is 0.533. The fourth-order valence-electron chi connectivity index (χ4n) is 3.27. The average molecular weight is 447 g/mol. The third-order valence-corrected chi connectivity index (χ3v) is 6.06. The van der Waals surface area contributed by atoms with Crippen LogP contribution >= 0.6 is 23.4 Å². The Morgan fingerprint density at radius 1 is 1.13 bits per heavy atom. The van der Waals surface area contributed by atoms with Gasteiger partial charge in [-0.15, -0.1) is 0 Å². The molecule has 5 rings (SSSR count). The molecule has 0 saturated carbocycles. The van der Waals surface area contributed by atoms with Crippen molar-refractivity contribution in [3.8, 4) is 11.3 Å². The number of carbonyl (C=O) groups excluding carboxylic acids is 1. The minimum atomic E-state index is -0.500. The van der Waals surface area contributed by atoms with Gasteiger partial charge in [0.15, 0.2) is 5.84 Å². The molecule has 2 aliphatic rings. The highest BCUT2D eigenvalue weighted by molar-refractivity contribution is 8.27. The maximum absolute atomic E-state index is 12.6. The van der Waals surface area contributed by atoms with E-state index in [4.69, 9.17) is 21.4 Å². The van der Waals surface area contributed by atoms with Crippen molar-refractivity contribution in [2.75, 3.05) is 0 Å². The van der Waals surface area contributed by atoms with Crippen LogP contribution in [0.1, 0.15) is 16.9 Å². The summed E-state index contributed by atoms with van der Waals surface area (Å²) in [7, 11) is 0. The van der Waals surface area contributed by atoms with Gasteiger partial charge in [0.1, 0.15) is 16.6 Å². The highest BCUT2D eigenvalue weighted by Crippen LogP contribution is 2.33. The van der Waals surface area contributed by atoms with Gasteiger partial charge in [-0.1, -0.05) is 47.5 Å². The van der Waals surface area contributed by atoms with Gasteiger partial charge in [-0.2, -0.15) is 15.1 Å². The number of hydrazone groups is 1. The second-order valence-corrected chi connectivity index (χ2v) is 8.34. The molecule has 0 unspecified atom stereocenters. The maximum atomic E-state index is 12.6. The van der Waals surface area contributed by atoms with Crippen LogP contribution in [0.4, 0.5) is 0 Å². The Morgan fingerprint density at radius 2 is 1.97 bits per heavy atom. The normalized spacial score (nSPS) is 17.1. The summed E-state index contributed by atoms with van der Waals surface area (Å²) in [4.78, 5) is 16.8. The van der Waals surface area contributed by atoms with Crippen LogP contribution in [0.2, 0.25) is 5.02 Å². The first-order valence-electron chi connectivity index (χ1n) is 9.41. The lowest BCUT2D eigenvalue weighted by Crippen LogP contribution is -2.35. The largest absolute Gasteiger partial charge is 0.457 e. The minimum Gasteiger partial charge on any atom is -0.457 e. The number of fused-ring (bicyclic) bond motifs is 1. The van der Waals surface area contributed by atoms with Gasteiger partial charge in [0.25, 0.3) is 5.91 Å². The summed E-state index contributed by atoms with van der Waals surface area (Å²) in [5.41, 5.74) is 2.89. The number of carbonyl (C=O) groups is 1. The highest BCUT2D eigenvalue weighted by atomic mass is 35.5. The van der Waals surface area contributed by atoms with Gasteiger partial charge >= 0.3 is 0 Å². The molecule has 0 bridgehead atoms. The molecule has 1 aromatic heterocycles. The van der Waals surface area contributed by atoms with Gasteiger partial charge in [-0.25, -0.2) is 0 Å². The van der Waals surface area contributed by atoms with E-state index in [1.165, 1.54) is 22.8 Å². The van der Waals surface area contributed by atoms with E-state index in [2.05, 4.69) is 10.1 Å². The average Bonchev–Trinajstić information content (AvgIpc) is 3.39. The monoisotopic (exact) mass is 446 g/mol. The zero-order valence-electron chi connectivity index (χ0n) is 16.3. The predicted octanol–water partition coefficient (Wildman–Crippen LogP) is 5.58. The third kappa shape index (κ3) is 3.62. The second kappa shape index (κ2) is 7.68. The molecule has 152 valence electrons. The second-order valence-electron chi connectivity index (χ2n) is 6.98. The van der Waals surface area contributed by atoms with Gasteiger partial charge < -0.3 is 4.42 Å². The molecule has 2 aromatic carbocycles. The molecule has 0 saturated heterocycles. The van der Waals surface area contributed by atoms with E-state index in [9.17, 15) is 4.79 Å². The van der Waals surface area contributed by atoms with Crippen LogP contribution in [0.3, 0.4) is 0 Å². The summed E-state index contributed by atoms with van der Waals surface area (Å²) >= 11 is 7.51. The van der Waals surface area contributed by atoms with Crippen LogP contribution in [-0.4, -0.2) is 27.0 Å². The van der Waals surface area contributed by atoms with Gasteiger partial charge in [0.2, 0.25) is 5.17 Å². The number of rotatable bonds is 3. The van der Waals surface area contributed by atoms with Crippen molar-refractivity contribution in [3.63, 3.8) is 0 Å². The van der Waals surface area contributed by atoms with E-state index < -0.39 is 5.91 Å². The number of hydrogen-bond donors (Lipinski definition) is 1. The van der Waals surface area contributed by atoms with Crippen molar-refractivity contribution in [3.05, 3.63) is 88.1 Å². The number of aryl methyl sites for hydroxylation is 1. The van der Waals surface area contributed by atoms with Gasteiger partial charge in [0, 0.05) is 11.1 Å². The summed E-state index contributed by atoms with van der Waals surface area (Å²) in [6.45, 7) is 2.00. The molecule has 3 heterocycles. The number of halogens is 1. The Bertz CT molecular complexity index is 1340. The Kier molecular flexibility index (Phi) is 4.84. The Labute approximate surface area is 187 Å². The Hall–Kier alpha value is -3.42. The fraction of sp³-hybridized carbons (Fsp3) is 0.0435. The van der Waals surface area contributed by atoms with E-state index in [1.807, 2.05) is 49.4 Å². The molecule has 8 heteroatoms. The first kappa shape index (κ1) is 19.5. The Morgan fingerprint density at radius 3 is 2.77 bits per heavy atom. The molecule has 0 fully saturated rings. The van der Waals surface area contributed by atoms with E-state index in [0.717, 1.165) is 16.7 Å². The summed E-state index contributed by atoms with van der Waals surface area (Å²) in [5, 5.41) is 16.1. The lowest BCUT2D eigenvalue weighted by atomic mass is 10.1. The van der Waals surface area contributed by atoms with Crippen molar-refractivity contribution >= 4 is 51.4 Å². The summed E-state index contributed by atoms with van der Waals surface area (Å²) in [6, 6.07) is 18.7. The van der Waals surface area contributed by atoms with Crippen molar-refractivity contribution in [2.24, 2.45) is 10.1 Å². The smallest absolute Gasteiger partial charge is 0.283 e. The van der Waals surface area contributed by atoms with Crippen molar-refractivity contribution in [2.45, 2.75) is 6.92 Å². The number of amidine groups is 2. The summed E-state index contributed by atoms with van der Waals surface area (Å²) in [6.07, 6.45) is 1.51. The molecule has 31 heavy (non-hydrogen) atoms. The number of nitrogens with zero attached hydrogens (tertiary/aromatic N) is 3. The number of nitrogens with one attached hydrogen (secondary N) is 1. The van der Waals surface area contributed by atoms with E-state index in [0.29, 0.717) is 26.8 Å². The number of thioether (sulfide) groups is 1. The molecular weight excluding hydrogens is 432 g/mol. The first-order valence-corrected chi connectivity index (χ1v) is 10.6. The van der Waals surface area contributed by atoms with Crippen LogP contribution in [0, 0.1) is 12.3 Å². The topological polar surface area (TPSA) is 82.0 Å². The van der Waals surface area contributed by atoms with Crippen LogP contribution in [0.25, 0.3) is 17.4 Å². The van der Waals surface area contributed by atoms with Crippen LogP contribution in [0.5, 0.6) is 0 Å². The van der Waals surface area contributed by atoms with Crippen molar-refractivity contribution < 1.29 is 9.21 Å². The fourth-order valence-corrected chi connectivity index (χ4v) is 4.38. The van der Waals surface area contributed by atoms with E-state index >= 15 is 0 Å². The van der Waals surface area contributed by atoms with Gasteiger partial charge in [0.05, 0.1) is 10.6 Å². The molecule has 1 amide bonds. The number of aliphatic imine (C=N–C) groups is 1. The van der Waals surface area contributed by atoms with Crippen LogP contribution in [-0.2, 0) is 4.79 Å². The molecule has 0 spiro atoms. The van der Waals surface area contributed by atoms with Crippen molar-refractivity contribution in [1.29, 1.82) is 5.41 Å². The zero-order valence-corrected chi connectivity index (χ0v) is 17.9. The molecule has 3 aromatic rings. The number of benzene rings is 2. The molecule has 0 atom stereocenters. The molecule has 1 N–H and O–H groups in total. The number of furan rings is 1. The molecule has 6 nitrogen and oxygen atoms in total. The van der Waals surface area contributed by atoms with Gasteiger partial charge in [-0.3, -0.25) is 10.2 Å². The zero-order chi connectivity index (χ0) is 21.5. The molecule has 0 radical (unpaired) electrons. The van der Waals surface area contributed by atoms with Gasteiger partial charge in [-0.05, 0) is 55.1 Å². The lowest BCUT2D eigenvalue weighted by molar-refractivity contribution is -0.114. The molecule has 2 aliphatic heterocycles. The van der Waals surface area contributed by atoms with Crippen molar-refractivity contribution in [1.82, 2.24) is 5.01 Å². The molecular formula is C23H15ClN4O2S. The minimum absolute atomic E-state index is 0.0409. The van der Waals surface area contributed by atoms with Crippen LogP contribution in [0.15, 0.2) is 80.7 Å². The summed E-state index contributed by atoms with van der Waals surface area (Å²) < 4.78 is 5.85. The first-order chi connectivity index (χ1) is 15.0. The standard InChI is InChI=1S/C23H15ClN4O2S/c1-13-5-4-6-14(11-13)22-27-28-20(25)17(21(29)26-23(28)31-22)12-15-9-10-19(30-15)16-7-2-3-8-18(16)24/h2-12,25H,1H3/b17-12-,25-20?. The summed E-state index contributed by atoms with van der Waals surface area (Å²) in [5.74, 6) is 0.463.